The Labute approximate surface area is 248 Å². The van der Waals surface area contributed by atoms with Crippen LogP contribution in [0.3, 0.4) is 0 Å². The minimum Gasteiger partial charge on any atom is -0.324 e. The van der Waals surface area contributed by atoms with Crippen molar-refractivity contribution in [3.05, 3.63) is 0 Å². The van der Waals surface area contributed by atoms with E-state index in [0.717, 1.165) is 116 Å². The van der Waals surface area contributed by atoms with Crippen molar-refractivity contribution in [2.75, 3.05) is 0 Å². The van der Waals surface area contributed by atoms with Gasteiger partial charge in [0.1, 0.15) is 0 Å². The zero-order valence-corrected chi connectivity index (χ0v) is 28.6. The van der Waals surface area contributed by atoms with Crippen molar-refractivity contribution in [3.8, 4) is 0 Å². The average molecular weight is 611 g/mol. The summed E-state index contributed by atoms with van der Waals surface area (Å²) in [5.74, 6) is -0.0817. The summed E-state index contributed by atoms with van der Waals surface area (Å²) in [6.07, 6.45) is 24.9. The fraction of sp³-hybridized carbons (Fsp3) is 1.00. The van der Waals surface area contributed by atoms with Crippen LogP contribution in [0.2, 0.25) is 0 Å². The fourth-order valence-corrected chi connectivity index (χ4v) is 10.7. The van der Waals surface area contributed by atoms with E-state index >= 15 is 0 Å². The van der Waals surface area contributed by atoms with Gasteiger partial charge < -0.3 is 19.6 Å². The third-order valence-electron chi connectivity index (χ3n) is 9.02. The molecule has 0 fully saturated rings. The summed E-state index contributed by atoms with van der Waals surface area (Å²) in [5, 5.41) is -1.90. The van der Waals surface area contributed by atoms with E-state index < -0.39 is 26.0 Å². The summed E-state index contributed by atoms with van der Waals surface area (Å²) in [6.45, 7) is 8.71. The molecule has 1 atom stereocenters. The Bertz CT molecular complexity index is 636. The maximum atomic E-state index is 13.1. The van der Waals surface area contributed by atoms with Gasteiger partial charge in [-0.1, -0.05) is 163 Å². The van der Waals surface area contributed by atoms with Gasteiger partial charge in [0.25, 0.3) is 0 Å². The van der Waals surface area contributed by atoms with Gasteiger partial charge in [0.15, 0.2) is 5.40 Å². The number of unbranched alkanes of at least 4 members (excludes halogenated alkanes) is 17. The molecule has 0 heterocycles. The van der Waals surface area contributed by atoms with Gasteiger partial charge in [-0.15, -0.1) is 0 Å². The predicted octanol–water partition coefficient (Wildman–Crippen LogP) is 11.1. The van der Waals surface area contributed by atoms with Crippen LogP contribution < -0.4 is 0 Å². The van der Waals surface area contributed by atoms with Crippen LogP contribution in [0.25, 0.3) is 0 Å². The third-order valence-corrected chi connectivity index (χ3v) is 13.1. The van der Waals surface area contributed by atoms with Crippen molar-refractivity contribution in [1.29, 1.82) is 0 Å². The number of hydrogen-bond donors (Lipinski definition) is 4. The van der Waals surface area contributed by atoms with E-state index in [0.29, 0.717) is 12.8 Å². The number of hydrogen-bond acceptors (Lipinski definition) is 2. The SMILES string of the molecule is CCCCCCCCC(CCCCC)C(CCCCCCCC)(CCCCCCCC)C(P(=O)(O)O)P(=O)(O)O. The summed E-state index contributed by atoms with van der Waals surface area (Å²) >= 11 is 0. The van der Waals surface area contributed by atoms with Gasteiger partial charge in [-0.25, -0.2) is 0 Å². The van der Waals surface area contributed by atoms with E-state index in [-0.39, 0.29) is 5.92 Å². The van der Waals surface area contributed by atoms with E-state index in [1.165, 1.54) is 32.1 Å². The minimum atomic E-state index is -5.06. The summed E-state index contributed by atoms with van der Waals surface area (Å²) in [6, 6.07) is 0. The molecular weight excluding hydrogens is 542 g/mol. The average Bonchev–Trinajstić information content (AvgIpc) is 2.87. The molecule has 0 rings (SSSR count). The Balaban J connectivity index is 6.33. The van der Waals surface area contributed by atoms with Crippen LogP contribution in [-0.4, -0.2) is 25.0 Å². The minimum absolute atomic E-state index is 0.0817. The maximum absolute atomic E-state index is 13.1. The Morgan fingerprint density at radius 2 is 0.725 bits per heavy atom. The van der Waals surface area contributed by atoms with E-state index in [1.54, 1.807) is 0 Å². The van der Waals surface area contributed by atoms with Crippen molar-refractivity contribution in [2.24, 2.45) is 11.3 Å². The highest BCUT2D eigenvalue weighted by Crippen LogP contribution is 2.71. The summed E-state index contributed by atoms with van der Waals surface area (Å²) in [5.41, 5.74) is -1.04. The number of rotatable bonds is 29. The van der Waals surface area contributed by atoms with E-state index in [4.69, 9.17) is 0 Å². The van der Waals surface area contributed by atoms with Crippen LogP contribution in [0, 0.1) is 11.3 Å². The zero-order chi connectivity index (χ0) is 30.3. The first-order chi connectivity index (χ1) is 19.0. The molecule has 0 spiro atoms. The molecule has 242 valence electrons. The second kappa shape index (κ2) is 23.7. The second-order valence-corrected chi connectivity index (χ2v) is 16.4. The van der Waals surface area contributed by atoms with Crippen LogP contribution >= 0.6 is 15.2 Å². The van der Waals surface area contributed by atoms with Crippen LogP contribution in [0.4, 0.5) is 0 Å². The van der Waals surface area contributed by atoms with Gasteiger partial charge in [-0.2, -0.15) is 0 Å². The molecule has 0 aromatic rings. The lowest BCUT2D eigenvalue weighted by Gasteiger charge is -2.47. The molecule has 0 aliphatic rings. The molecule has 0 radical (unpaired) electrons. The highest BCUT2D eigenvalue weighted by molar-refractivity contribution is 7.70. The van der Waals surface area contributed by atoms with Gasteiger partial charge in [0.2, 0.25) is 0 Å². The van der Waals surface area contributed by atoms with Crippen LogP contribution in [-0.2, 0) is 9.13 Å². The molecule has 0 aliphatic heterocycles. The molecule has 0 bridgehead atoms. The Morgan fingerprint density at radius 3 is 1.07 bits per heavy atom. The van der Waals surface area contributed by atoms with Gasteiger partial charge in [0, 0.05) is 0 Å². The Hall–Kier alpha value is 0.300. The lowest BCUT2D eigenvalue weighted by atomic mass is 9.66. The second-order valence-electron chi connectivity index (χ2n) is 12.6. The van der Waals surface area contributed by atoms with Crippen LogP contribution in [0.1, 0.15) is 188 Å². The fourth-order valence-electron chi connectivity index (χ4n) is 6.87. The molecule has 4 N–H and O–H groups in total. The highest BCUT2D eigenvalue weighted by Gasteiger charge is 2.59. The molecular formula is C32H68O6P2. The first-order valence-corrected chi connectivity index (χ1v) is 20.5. The summed E-state index contributed by atoms with van der Waals surface area (Å²) < 4.78 is 26.1. The molecule has 0 aliphatic carbocycles. The Morgan fingerprint density at radius 1 is 0.450 bits per heavy atom. The molecule has 1 unspecified atom stereocenters. The lowest BCUT2D eigenvalue weighted by molar-refractivity contribution is 0.0937. The topological polar surface area (TPSA) is 115 Å². The highest BCUT2D eigenvalue weighted by atomic mass is 31.2. The first kappa shape index (κ1) is 40.3. The lowest BCUT2D eigenvalue weighted by Crippen LogP contribution is -2.42. The normalized spacial score (nSPS) is 13.8. The van der Waals surface area contributed by atoms with Gasteiger partial charge in [-0.05, 0) is 37.0 Å². The maximum Gasteiger partial charge on any atom is 0.341 e. The predicted molar refractivity (Wildman–Crippen MR) is 172 cm³/mol. The smallest absolute Gasteiger partial charge is 0.324 e. The summed E-state index contributed by atoms with van der Waals surface area (Å²) in [7, 11) is -10.1. The van der Waals surface area contributed by atoms with Crippen molar-refractivity contribution in [2.45, 2.75) is 194 Å². The van der Waals surface area contributed by atoms with Gasteiger partial charge >= 0.3 is 15.2 Å². The standard InChI is InChI=1S/C32H68O6P2/c1-5-9-13-16-19-23-27-30(26-22-12-8-4)32(28-24-20-17-14-10-6-2,29-25-21-18-15-11-7-3)31(39(33,34)35)40(36,37)38/h30-31H,5-29H2,1-4H3,(H2,33,34,35)(H2,36,37,38). The molecule has 0 saturated heterocycles. The molecule has 0 amide bonds. The van der Waals surface area contributed by atoms with Crippen LogP contribution in [0.15, 0.2) is 0 Å². The molecule has 40 heavy (non-hydrogen) atoms. The Kier molecular flexibility index (Phi) is 23.9. The van der Waals surface area contributed by atoms with Crippen molar-refractivity contribution in [1.82, 2.24) is 0 Å². The van der Waals surface area contributed by atoms with E-state index in [1.807, 2.05) is 0 Å². The van der Waals surface area contributed by atoms with E-state index in [2.05, 4.69) is 27.7 Å². The van der Waals surface area contributed by atoms with Crippen molar-refractivity contribution >= 4 is 15.2 Å². The van der Waals surface area contributed by atoms with E-state index in [9.17, 15) is 28.7 Å². The molecule has 0 aromatic carbocycles. The zero-order valence-electron chi connectivity index (χ0n) is 26.8. The van der Waals surface area contributed by atoms with Gasteiger partial charge in [0.05, 0.1) is 0 Å². The molecule has 6 nitrogen and oxygen atoms in total. The van der Waals surface area contributed by atoms with Crippen LogP contribution in [0.5, 0.6) is 0 Å². The molecule has 8 heteroatoms. The largest absolute Gasteiger partial charge is 0.341 e. The summed E-state index contributed by atoms with van der Waals surface area (Å²) in [4.78, 5) is 42.4. The monoisotopic (exact) mass is 610 g/mol. The first-order valence-electron chi connectivity index (χ1n) is 17.1. The molecule has 0 aromatic heterocycles. The molecule has 0 saturated carbocycles. The quantitative estimate of drug-likeness (QED) is 0.0495. The third kappa shape index (κ3) is 17.4. The van der Waals surface area contributed by atoms with Crippen molar-refractivity contribution in [3.63, 3.8) is 0 Å². The van der Waals surface area contributed by atoms with Crippen molar-refractivity contribution < 1.29 is 28.7 Å². The van der Waals surface area contributed by atoms with Gasteiger partial charge in [-0.3, -0.25) is 9.13 Å².